The SMILES string of the molecule is COCc1nc(=S)cc(NCc2cccnc2)[nH]1. The summed E-state index contributed by atoms with van der Waals surface area (Å²) >= 11 is 5.09. The number of hydrogen-bond donors (Lipinski definition) is 2. The summed E-state index contributed by atoms with van der Waals surface area (Å²) < 4.78 is 5.56. The molecule has 2 rings (SSSR count). The van der Waals surface area contributed by atoms with E-state index in [-0.39, 0.29) is 0 Å². The topological polar surface area (TPSA) is 62.8 Å². The average molecular weight is 262 g/mol. The van der Waals surface area contributed by atoms with Gasteiger partial charge >= 0.3 is 0 Å². The van der Waals surface area contributed by atoms with Crippen molar-refractivity contribution in [3.63, 3.8) is 0 Å². The van der Waals surface area contributed by atoms with Crippen molar-refractivity contribution in [1.29, 1.82) is 0 Å². The summed E-state index contributed by atoms with van der Waals surface area (Å²) in [6.45, 7) is 1.08. The lowest BCUT2D eigenvalue weighted by Gasteiger charge is -2.08. The molecule has 94 valence electrons. The third-order valence-electron chi connectivity index (χ3n) is 2.28. The smallest absolute Gasteiger partial charge is 0.135 e. The molecule has 0 saturated carbocycles. The van der Waals surface area contributed by atoms with Crippen molar-refractivity contribution in [2.75, 3.05) is 12.4 Å². The van der Waals surface area contributed by atoms with Crippen LogP contribution < -0.4 is 5.32 Å². The number of nitrogens with one attached hydrogen (secondary N) is 2. The van der Waals surface area contributed by atoms with E-state index in [0.717, 1.165) is 11.4 Å². The monoisotopic (exact) mass is 262 g/mol. The van der Waals surface area contributed by atoms with Gasteiger partial charge in [-0.1, -0.05) is 18.3 Å². The molecule has 2 heterocycles. The lowest BCUT2D eigenvalue weighted by atomic mass is 10.3. The summed E-state index contributed by atoms with van der Waals surface area (Å²) in [6, 6.07) is 5.69. The van der Waals surface area contributed by atoms with Crippen LogP contribution in [0.25, 0.3) is 0 Å². The third kappa shape index (κ3) is 3.61. The van der Waals surface area contributed by atoms with Gasteiger partial charge in [-0.05, 0) is 11.6 Å². The second-order valence-electron chi connectivity index (χ2n) is 3.73. The highest BCUT2D eigenvalue weighted by Gasteiger charge is 1.99. The summed E-state index contributed by atoms with van der Waals surface area (Å²) in [4.78, 5) is 11.3. The number of H-pyrrole nitrogens is 1. The molecule has 0 bridgehead atoms. The highest BCUT2D eigenvalue weighted by molar-refractivity contribution is 7.71. The van der Waals surface area contributed by atoms with Crippen molar-refractivity contribution < 1.29 is 4.74 Å². The van der Waals surface area contributed by atoms with E-state index in [0.29, 0.717) is 23.6 Å². The first kappa shape index (κ1) is 12.7. The fraction of sp³-hybridized carbons (Fsp3) is 0.250. The molecular weight excluding hydrogens is 248 g/mol. The highest BCUT2D eigenvalue weighted by Crippen LogP contribution is 2.07. The molecule has 0 spiro atoms. The van der Waals surface area contributed by atoms with E-state index >= 15 is 0 Å². The third-order valence-corrected chi connectivity index (χ3v) is 2.49. The highest BCUT2D eigenvalue weighted by atomic mass is 32.1. The van der Waals surface area contributed by atoms with E-state index < -0.39 is 0 Å². The number of rotatable bonds is 5. The molecule has 0 radical (unpaired) electrons. The summed E-state index contributed by atoms with van der Waals surface area (Å²) in [6.07, 6.45) is 3.57. The Hall–Kier alpha value is -1.79. The van der Waals surface area contributed by atoms with Gasteiger partial charge in [-0.15, -0.1) is 0 Å². The van der Waals surface area contributed by atoms with Crippen LogP contribution in [-0.4, -0.2) is 22.1 Å². The van der Waals surface area contributed by atoms with E-state index in [2.05, 4.69) is 20.3 Å². The molecule has 6 heteroatoms. The molecule has 0 aliphatic rings. The van der Waals surface area contributed by atoms with Gasteiger partial charge in [0.25, 0.3) is 0 Å². The fourth-order valence-corrected chi connectivity index (χ4v) is 1.74. The Morgan fingerprint density at radius 3 is 3.11 bits per heavy atom. The molecule has 0 saturated heterocycles. The number of aromatic amines is 1. The van der Waals surface area contributed by atoms with E-state index in [1.54, 1.807) is 19.4 Å². The first-order chi connectivity index (χ1) is 8.78. The quantitative estimate of drug-likeness (QED) is 0.809. The van der Waals surface area contributed by atoms with Gasteiger partial charge in [-0.3, -0.25) is 4.98 Å². The molecule has 2 aromatic heterocycles. The lowest BCUT2D eigenvalue weighted by Crippen LogP contribution is -2.05. The van der Waals surface area contributed by atoms with Gasteiger partial charge in [0.05, 0.1) is 0 Å². The largest absolute Gasteiger partial charge is 0.377 e. The second-order valence-corrected chi connectivity index (χ2v) is 4.15. The molecule has 2 aromatic rings. The van der Waals surface area contributed by atoms with Gasteiger partial charge in [0.2, 0.25) is 0 Å². The zero-order chi connectivity index (χ0) is 12.8. The van der Waals surface area contributed by atoms with Crippen LogP contribution in [0.4, 0.5) is 5.82 Å². The van der Waals surface area contributed by atoms with Gasteiger partial charge < -0.3 is 15.0 Å². The fourth-order valence-electron chi connectivity index (χ4n) is 1.51. The Balaban J connectivity index is 2.07. The maximum atomic E-state index is 5.09. The maximum Gasteiger partial charge on any atom is 0.135 e. The Morgan fingerprint density at radius 1 is 1.50 bits per heavy atom. The number of methoxy groups -OCH3 is 1. The summed E-state index contributed by atoms with van der Waals surface area (Å²) in [7, 11) is 1.62. The van der Waals surface area contributed by atoms with Crippen molar-refractivity contribution in [2.45, 2.75) is 13.2 Å². The van der Waals surface area contributed by atoms with Crippen LogP contribution in [0, 0.1) is 4.64 Å². The van der Waals surface area contributed by atoms with E-state index in [1.165, 1.54) is 0 Å². The summed E-state index contributed by atoms with van der Waals surface area (Å²) in [5, 5.41) is 3.24. The predicted octanol–water partition coefficient (Wildman–Crippen LogP) is 2.29. The summed E-state index contributed by atoms with van der Waals surface area (Å²) in [5.41, 5.74) is 1.10. The zero-order valence-electron chi connectivity index (χ0n) is 10.0. The van der Waals surface area contributed by atoms with Crippen LogP contribution in [-0.2, 0) is 17.9 Å². The molecular formula is C12H14N4OS. The molecule has 0 amide bonds. The van der Waals surface area contributed by atoms with Crippen LogP contribution in [0.2, 0.25) is 0 Å². The van der Waals surface area contributed by atoms with Crippen LogP contribution >= 0.6 is 12.2 Å². The number of hydrogen-bond acceptors (Lipinski definition) is 5. The Morgan fingerprint density at radius 2 is 2.39 bits per heavy atom. The molecule has 18 heavy (non-hydrogen) atoms. The van der Waals surface area contributed by atoms with Crippen LogP contribution in [0.1, 0.15) is 11.4 Å². The van der Waals surface area contributed by atoms with Gasteiger partial charge in [0, 0.05) is 32.1 Å². The first-order valence-corrected chi connectivity index (χ1v) is 5.90. The van der Waals surface area contributed by atoms with E-state index in [9.17, 15) is 0 Å². The molecule has 5 nitrogen and oxygen atoms in total. The second kappa shape index (κ2) is 6.23. The molecule has 0 aliphatic carbocycles. The molecule has 0 atom stereocenters. The van der Waals surface area contributed by atoms with Crippen LogP contribution in [0.15, 0.2) is 30.6 Å². The number of pyridine rings is 1. The van der Waals surface area contributed by atoms with Crippen molar-refractivity contribution in [2.24, 2.45) is 0 Å². The Kier molecular flexibility index (Phi) is 4.38. The number of aromatic nitrogens is 3. The van der Waals surface area contributed by atoms with Crippen LogP contribution in [0.5, 0.6) is 0 Å². The molecule has 0 fully saturated rings. The van der Waals surface area contributed by atoms with E-state index in [4.69, 9.17) is 17.0 Å². The standard InChI is InChI=1S/C12H14N4OS/c1-17-8-11-15-10(5-12(18)16-11)14-7-9-3-2-4-13-6-9/h2-6H,7-8H2,1H3,(H2,14,15,16,18). The van der Waals surface area contributed by atoms with Crippen molar-refractivity contribution in [3.8, 4) is 0 Å². The number of nitrogens with zero attached hydrogens (tertiary/aromatic N) is 2. The minimum Gasteiger partial charge on any atom is -0.377 e. The van der Waals surface area contributed by atoms with Crippen molar-refractivity contribution >= 4 is 18.0 Å². The molecule has 0 unspecified atom stereocenters. The molecule has 0 aromatic carbocycles. The first-order valence-electron chi connectivity index (χ1n) is 5.50. The summed E-state index contributed by atoms with van der Waals surface area (Å²) in [5.74, 6) is 1.53. The van der Waals surface area contributed by atoms with Gasteiger partial charge in [0.1, 0.15) is 22.9 Å². The Labute approximate surface area is 110 Å². The number of anilines is 1. The average Bonchev–Trinajstić information content (AvgIpc) is 2.37. The Bertz CT molecular complexity index is 556. The van der Waals surface area contributed by atoms with Crippen molar-refractivity contribution in [3.05, 3.63) is 46.6 Å². The van der Waals surface area contributed by atoms with Crippen LogP contribution in [0.3, 0.4) is 0 Å². The minimum absolute atomic E-state index is 0.409. The van der Waals surface area contributed by atoms with E-state index in [1.807, 2.05) is 18.3 Å². The van der Waals surface area contributed by atoms with Gasteiger partial charge in [-0.2, -0.15) is 0 Å². The minimum atomic E-state index is 0.409. The van der Waals surface area contributed by atoms with Gasteiger partial charge in [0.15, 0.2) is 0 Å². The zero-order valence-corrected chi connectivity index (χ0v) is 10.8. The predicted molar refractivity (Wildman–Crippen MR) is 71.7 cm³/mol. The maximum absolute atomic E-state index is 5.09. The lowest BCUT2D eigenvalue weighted by molar-refractivity contribution is 0.178. The normalized spacial score (nSPS) is 10.3. The number of ether oxygens (including phenoxy) is 1. The molecule has 0 aliphatic heterocycles. The molecule has 2 N–H and O–H groups in total. The van der Waals surface area contributed by atoms with Crippen molar-refractivity contribution in [1.82, 2.24) is 15.0 Å². The van der Waals surface area contributed by atoms with Gasteiger partial charge in [-0.25, -0.2) is 4.98 Å².